The fourth-order valence-electron chi connectivity index (χ4n) is 8.89. The van der Waals surface area contributed by atoms with Gasteiger partial charge in [-0.05, 0) is 44.0 Å². The number of amides is 1. The SMILES string of the molecule is Cc1c(C(=O)N2CCOCC2)nn2c1CN(c1nc(OCC34CCCN3CC(F)C4)nc3c(F)c(-c4ccc(F)c5sc(N)c(C#N)c45)c(C(F)(F)F)cc13)CC2. The van der Waals surface area contributed by atoms with Crippen LogP contribution in [0.3, 0.4) is 0 Å². The number of hydrogen-bond donors (Lipinski definition) is 1. The highest BCUT2D eigenvalue weighted by atomic mass is 32.1. The lowest BCUT2D eigenvalue weighted by atomic mass is 9.92. The normalized spacial score (nSPS) is 21.3. The predicted molar refractivity (Wildman–Crippen MR) is 198 cm³/mol. The van der Waals surface area contributed by atoms with E-state index >= 15 is 22.0 Å². The maximum atomic E-state index is 17.3. The molecule has 2 unspecified atom stereocenters. The largest absolute Gasteiger partial charge is 0.461 e. The van der Waals surface area contributed by atoms with Crippen molar-refractivity contribution in [3.63, 3.8) is 0 Å². The lowest BCUT2D eigenvalue weighted by Crippen LogP contribution is -2.43. The summed E-state index contributed by atoms with van der Waals surface area (Å²) in [6, 6.07) is 4.17. The Hall–Kier alpha value is -5.19. The fourth-order valence-corrected chi connectivity index (χ4v) is 9.84. The summed E-state index contributed by atoms with van der Waals surface area (Å²) >= 11 is 0.675. The van der Waals surface area contributed by atoms with Crippen molar-refractivity contribution < 1.29 is 40.6 Å². The minimum Gasteiger partial charge on any atom is -0.461 e. The van der Waals surface area contributed by atoms with E-state index in [1.165, 1.54) is 0 Å². The van der Waals surface area contributed by atoms with Gasteiger partial charge in [0.05, 0.1) is 53.4 Å². The number of thiophene rings is 1. The lowest BCUT2D eigenvalue weighted by molar-refractivity contribution is -0.137. The number of carbonyl (C=O) groups is 1. The molecule has 0 bridgehead atoms. The molecule has 57 heavy (non-hydrogen) atoms. The molecule has 5 aromatic rings. The molecule has 4 aliphatic heterocycles. The summed E-state index contributed by atoms with van der Waals surface area (Å²) in [4.78, 5) is 27.8. The number of carbonyl (C=O) groups excluding carboxylic acids is 1. The maximum absolute atomic E-state index is 17.3. The van der Waals surface area contributed by atoms with E-state index in [2.05, 4.69) is 15.1 Å². The molecule has 1 amide bonds. The maximum Gasteiger partial charge on any atom is 0.417 e. The van der Waals surface area contributed by atoms with Gasteiger partial charge in [0.1, 0.15) is 41.0 Å². The number of nitrogen functional groups attached to an aromatic ring is 1. The molecule has 0 spiro atoms. The molecule has 2 N–H and O–H groups in total. The molecule has 2 aromatic carbocycles. The standard InChI is InChI=1S/C38H35F6N9O3S/c1-19-26-17-51(7-8-53(26)49-30(19)35(54)50-9-11-55-12-10-50)34-22-13-24(38(42,43)44)28(21-3-4-25(40)32-27(21)23(15-45)33(46)57-32)29(41)31(22)47-36(48-34)56-18-37-5-2-6-52(37)16-20(39)14-37/h3-4,13,20H,2,5-12,14,16-18,46H2,1H3. The van der Waals surface area contributed by atoms with Crippen LogP contribution in [0.4, 0.5) is 37.2 Å². The second kappa shape index (κ2) is 13.7. The van der Waals surface area contributed by atoms with Crippen molar-refractivity contribution in [1.29, 1.82) is 5.26 Å². The Balaban J connectivity index is 1.21. The summed E-state index contributed by atoms with van der Waals surface area (Å²) in [5.41, 5.74) is 3.29. The highest BCUT2D eigenvalue weighted by Crippen LogP contribution is 2.48. The van der Waals surface area contributed by atoms with E-state index in [-0.39, 0.29) is 94.2 Å². The highest BCUT2D eigenvalue weighted by Gasteiger charge is 2.49. The van der Waals surface area contributed by atoms with Gasteiger partial charge >= 0.3 is 12.2 Å². The van der Waals surface area contributed by atoms with Crippen molar-refractivity contribution in [3.05, 3.63) is 57.9 Å². The van der Waals surface area contributed by atoms with Crippen LogP contribution in [0.15, 0.2) is 18.2 Å². The van der Waals surface area contributed by atoms with Crippen molar-refractivity contribution in [2.24, 2.45) is 0 Å². The minimum absolute atomic E-state index is 0.0370. The number of nitrogens with two attached hydrogens (primary N) is 1. The van der Waals surface area contributed by atoms with Gasteiger partial charge in [-0.3, -0.25) is 14.4 Å². The number of benzene rings is 2. The van der Waals surface area contributed by atoms with Crippen LogP contribution in [0.25, 0.3) is 32.1 Å². The molecule has 3 fully saturated rings. The molecule has 2 atom stereocenters. The van der Waals surface area contributed by atoms with Crippen LogP contribution in [-0.4, -0.2) is 99.7 Å². The number of alkyl halides is 4. The lowest BCUT2D eigenvalue weighted by Gasteiger charge is -2.32. The van der Waals surface area contributed by atoms with E-state index in [0.717, 1.165) is 24.6 Å². The smallest absolute Gasteiger partial charge is 0.417 e. The van der Waals surface area contributed by atoms with Gasteiger partial charge in [-0.2, -0.15) is 33.5 Å². The van der Waals surface area contributed by atoms with Gasteiger partial charge < -0.3 is 25.0 Å². The molecule has 0 radical (unpaired) electrons. The Morgan fingerprint density at radius 2 is 1.95 bits per heavy atom. The van der Waals surface area contributed by atoms with Crippen LogP contribution >= 0.6 is 11.3 Å². The number of fused-ring (bicyclic) bond motifs is 4. The van der Waals surface area contributed by atoms with E-state index in [9.17, 15) is 14.4 Å². The van der Waals surface area contributed by atoms with Gasteiger partial charge in [-0.15, -0.1) is 11.3 Å². The Kier molecular flexibility index (Phi) is 9.01. The topological polar surface area (TPSA) is 139 Å². The van der Waals surface area contributed by atoms with Crippen LogP contribution in [0.2, 0.25) is 0 Å². The summed E-state index contributed by atoms with van der Waals surface area (Å²) in [6.07, 6.45) is -4.53. The predicted octanol–water partition coefficient (Wildman–Crippen LogP) is 6.22. The average molecular weight is 812 g/mol. The van der Waals surface area contributed by atoms with Crippen LogP contribution in [0, 0.1) is 29.9 Å². The zero-order valence-corrected chi connectivity index (χ0v) is 31.4. The van der Waals surface area contributed by atoms with E-state index < -0.39 is 46.2 Å². The van der Waals surface area contributed by atoms with Crippen molar-refractivity contribution in [1.82, 2.24) is 29.5 Å². The van der Waals surface area contributed by atoms with Crippen LogP contribution in [0.5, 0.6) is 6.01 Å². The monoisotopic (exact) mass is 811 g/mol. The van der Waals surface area contributed by atoms with Crippen LogP contribution in [0.1, 0.15) is 52.1 Å². The Morgan fingerprint density at radius 3 is 2.70 bits per heavy atom. The number of nitriles is 1. The van der Waals surface area contributed by atoms with Crippen molar-refractivity contribution in [3.8, 4) is 23.2 Å². The Morgan fingerprint density at radius 1 is 1.16 bits per heavy atom. The summed E-state index contributed by atoms with van der Waals surface area (Å²) in [5, 5.41) is 13.8. The molecular formula is C38H35F6N9O3S. The molecule has 9 rings (SSSR count). The second-order valence-corrected chi connectivity index (χ2v) is 16.0. The fraction of sp³-hybridized carbons (Fsp3) is 0.447. The molecular weight excluding hydrogens is 777 g/mol. The molecule has 3 aromatic heterocycles. The van der Waals surface area contributed by atoms with E-state index in [4.69, 9.17) is 15.2 Å². The van der Waals surface area contributed by atoms with E-state index in [0.29, 0.717) is 61.9 Å². The summed E-state index contributed by atoms with van der Waals surface area (Å²) in [7, 11) is 0. The Bertz CT molecular complexity index is 2510. The number of nitrogens with zero attached hydrogens (tertiary/aromatic N) is 8. The van der Waals surface area contributed by atoms with Crippen molar-refractivity contribution in [2.45, 2.75) is 57.2 Å². The quantitative estimate of drug-likeness (QED) is 0.197. The van der Waals surface area contributed by atoms with Crippen LogP contribution < -0.4 is 15.4 Å². The summed E-state index contributed by atoms with van der Waals surface area (Å²) in [5.74, 6) is -2.55. The van der Waals surface area contributed by atoms with Gasteiger partial charge in [-0.25, -0.2) is 13.2 Å². The number of ether oxygens (including phenoxy) is 2. The Labute approximate surface area is 325 Å². The molecule has 3 saturated heterocycles. The zero-order chi connectivity index (χ0) is 40.0. The number of rotatable bonds is 6. The first-order chi connectivity index (χ1) is 27.3. The minimum atomic E-state index is -5.14. The molecule has 0 saturated carbocycles. The molecule has 0 aliphatic carbocycles. The summed E-state index contributed by atoms with van der Waals surface area (Å²) in [6.45, 7) is 4.67. The van der Waals surface area contributed by atoms with Gasteiger partial charge in [0.25, 0.3) is 5.91 Å². The zero-order valence-electron chi connectivity index (χ0n) is 30.6. The first-order valence-electron chi connectivity index (χ1n) is 18.5. The third-order valence-electron chi connectivity index (χ3n) is 11.7. The van der Waals surface area contributed by atoms with Gasteiger partial charge in [0, 0.05) is 54.5 Å². The molecule has 19 heteroatoms. The van der Waals surface area contributed by atoms with Crippen LogP contribution in [-0.2, 0) is 24.0 Å². The molecule has 298 valence electrons. The second-order valence-electron chi connectivity index (χ2n) is 14.9. The number of aromatic nitrogens is 4. The number of morpholine rings is 1. The molecule has 4 aliphatic rings. The van der Waals surface area contributed by atoms with Crippen molar-refractivity contribution in [2.75, 3.05) is 63.2 Å². The number of anilines is 2. The van der Waals surface area contributed by atoms with Gasteiger partial charge in [0.2, 0.25) is 0 Å². The number of halogens is 6. The van der Waals surface area contributed by atoms with E-state index in [1.54, 1.807) is 21.4 Å². The first-order valence-corrected chi connectivity index (χ1v) is 19.3. The van der Waals surface area contributed by atoms with Gasteiger partial charge in [0.15, 0.2) is 11.5 Å². The summed E-state index contributed by atoms with van der Waals surface area (Å²) < 4.78 is 106. The third-order valence-corrected chi connectivity index (χ3v) is 12.7. The molecule has 12 nitrogen and oxygen atoms in total. The van der Waals surface area contributed by atoms with Crippen molar-refractivity contribution >= 4 is 49.1 Å². The highest BCUT2D eigenvalue weighted by molar-refractivity contribution is 7.23. The average Bonchev–Trinajstić information content (AvgIpc) is 3.93. The van der Waals surface area contributed by atoms with E-state index in [1.807, 2.05) is 11.0 Å². The van der Waals surface area contributed by atoms with Gasteiger partial charge in [-0.1, -0.05) is 6.07 Å². The number of hydrogen-bond acceptors (Lipinski definition) is 11. The third kappa shape index (κ3) is 6.11. The first kappa shape index (κ1) is 37.4. The molecule has 7 heterocycles.